The van der Waals surface area contributed by atoms with Gasteiger partial charge in [0.15, 0.2) is 5.82 Å². The van der Waals surface area contributed by atoms with Crippen LogP contribution in [-0.2, 0) is 0 Å². The highest BCUT2D eigenvalue weighted by Crippen LogP contribution is 2.33. The fourth-order valence-corrected chi connectivity index (χ4v) is 4.35. The molecule has 4 rings (SSSR count). The minimum atomic E-state index is -0.0461. The van der Waals surface area contributed by atoms with E-state index in [-0.39, 0.29) is 11.8 Å². The van der Waals surface area contributed by atoms with Gasteiger partial charge >= 0.3 is 0 Å². The van der Waals surface area contributed by atoms with Gasteiger partial charge < -0.3 is 10.0 Å². The number of pyridine rings is 1. The number of carbonyl (C=O) groups is 1. The zero-order valence-corrected chi connectivity index (χ0v) is 19.2. The van der Waals surface area contributed by atoms with Crippen molar-refractivity contribution >= 4 is 5.91 Å². The van der Waals surface area contributed by atoms with Gasteiger partial charge in [-0.15, -0.1) is 0 Å². The smallest absolute Gasteiger partial charge is 0.255 e. The lowest BCUT2D eigenvalue weighted by atomic mass is 10.0. The van der Waals surface area contributed by atoms with E-state index < -0.39 is 0 Å². The van der Waals surface area contributed by atoms with Crippen molar-refractivity contribution in [3.05, 3.63) is 59.4 Å². The van der Waals surface area contributed by atoms with Crippen LogP contribution in [0.2, 0.25) is 0 Å². The minimum absolute atomic E-state index is 0.0318. The summed E-state index contributed by atoms with van der Waals surface area (Å²) in [6, 6.07) is 11.1. The highest BCUT2D eigenvalue weighted by Gasteiger charge is 2.27. The second-order valence-electron chi connectivity index (χ2n) is 8.48. The van der Waals surface area contributed by atoms with Crippen LogP contribution in [0.1, 0.15) is 41.8 Å². The average Bonchev–Trinajstić information content (AvgIpc) is 3.21. The third-order valence-electron chi connectivity index (χ3n) is 6.16. The Morgan fingerprint density at radius 3 is 2.67 bits per heavy atom. The van der Waals surface area contributed by atoms with Crippen molar-refractivity contribution in [1.82, 2.24) is 24.6 Å². The number of nitriles is 1. The Morgan fingerprint density at radius 2 is 2.03 bits per heavy atom. The van der Waals surface area contributed by atoms with E-state index in [9.17, 15) is 9.90 Å². The first-order chi connectivity index (χ1) is 15.9. The van der Waals surface area contributed by atoms with Crippen LogP contribution in [0.5, 0.6) is 5.88 Å². The normalized spacial score (nSPS) is 16.5. The van der Waals surface area contributed by atoms with Crippen LogP contribution in [0.3, 0.4) is 0 Å². The fraction of sp³-hybridized carbons (Fsp3) is 0.360. The summed E-state index contributed by atoms with van der Waals surface area (Å²) in [6.07, 6.45) is 4.21. The Hall–Kier alpha value is -3.70. The maximum atomic E-state index is 13.0. The van der Waals surface area contributed by atoms with E-state index in [4.69, 9.17) is 5.26 Å². The van der Waals surface area contributed by atoms with Crippen LogP contribution in [-0.4, -0.2) is 67.8 Å². The van der Waals surface area contributed by atoms with E-state index in [2.05, 4.69) is 34.9 Å². The number of amides is 1. The molecule has 0 saturated carbocycles. The Balaban J connectivity index is 1.51. The molecule has 8 nitrogen and oxygen atoms in total. The molecule has 170 valence electrons. The van der Waals surface area contributed by atoms with Gasteiger partial charge in [0.1, 0.15) is 0 Å². The summed E-state index contributed by atoms with van der Waals surface area (Å²) < 4.78 is 1.34. The molecule has 1 aromatic carbocycles. The maximum Gasteiger partial charge on any atom is 0.255 e. The Bertz CT molecular complexity index is 1190. The molecule has 1 saturated heterocycles. The Kier molecular flexibility index (Phi) is 6.43. The van der Waals surface area contributed by atoms with Crippen LogP contribution in [0.4, 0.5) is 0 Å². The van der Waals surface area contributed by atoms with E-state index in [0.717, 1.165) is 30.6 Å². The highest BCUT2D eigenvalue weighted by molar-refractivity contribution is 5.94. The quantitative estimate of drug-likeness (QED) is 0.648. The first-order valence-electron chi connectivity index (χ1n) is 11.2. The van der Waals surface area contributed by atoms with Crippen LogP contribution in [0.25, 0.3) is 16.9 Å². The number of aromatic nitrogens is 3. The van der Waals surface area contributed by atoms with Gasteiger partial charge in [0.05, 0.1) is 29.0 Å². The molecule has 1 N–H and O–H groups in total. The van der Waals surface area contributed by atoms with E-state index in [1.165, 1.54) is 10.9 Å². The van der Waals surface area contributed by atoms with E-state index in [1.54, 1.807) is 36.5 Å². The number of rotatable bonds is 5. The molecule has 1 amide bonds. The van der Waals surface area contributed by atoms with Gasteiger partial charge in [0.2, 0.25) is 5.88 Å². The van der Waals surface area contributed by atoms with Gasteiger partial charge in [-0.3, -0.25) is 9.69 Å². The fourth-order valence-electron chi connectivity index (χ4n) is 4.35. The van der Waals surface area contributed by atoms with Gasteiger partial charge in [0, 0.05) is 31.9 Å². The third-order valence-corrected chi connectivity index (χ3v) is 6.16. The molecule has 1 fully saturated rings. The molecule has 0 spiro atoms. The third kappa shape index (κ3) is 4.45. The molecule has 1 aliphatic heterocycles. The van der Waals surface area contributed by atoms with Gasteiger partial charge in [-0.25, -0.2) is 4.98 Å². The number of nitrogens with zero attached hydrogens (tertiary/aromatic N) is 6. The maximum absolute atomic E-state index is 13.0. The summed E-state index contributed by atoms with van der Waals surface area (Å²) in [7, 11) is 0. The first-order valence-corrected chi connectivity index (χ1v) is 11.2. The molecule has 0 bridgehead atoms. The predicted molar refractivity (Wildman–Crippen MR) is 125 cm³/mol. The molecule has 3 heterocycles. The zero-order valence-electron chi connectivity index (χ0n) is 19.2. The number of aromatic hydroxyl groups is 1. The van der Waals surface area contributed by atoms with Crippen LogP contribution < -0.4 is 0 Å². The van der Waals surface area contributed by atoms with Gasteiger partial charge in [-0.2, -0.15) is 15.0 Å². The number of aryl methyl sites for hydroxylation is 1. The molecule has 1 atom stereocenters. The lowest BCUT2D eigenvalue weighted by molar-refractivity contribution is 0.0515. The summed E-state index contributed by atoms with van der Waals surface area (Å²) in [5.41, 5.74) is 3.29. The SMILES string of the molecule is CCCN1CCN(C(=O)c2ccc(-n3ncc(-c4ccc(C#N)cc4C)c3O)nc2)C[C@H]1C. The van der Waals surface area contributed by atoms with Crippen molar-refractivity contribution in [2.45, 2.75) is 33.2 Å². The summed E-state index contributed by atoms with van der Waals surface area (Å²) in [6.45, 7) is 9.55. The van der Waals surface area contributed by atoms with Crippen molar-refractivity contribution in [2.75, 3.05) is 26.2 Å². The van der Waals surface area contributed by atoms with Crippen LogP contribution >= 0.6 is 0 Å². The lowest BCUT2D eigenvalue weighted by Gasteiger charge is -2.39. The Labute approximate surface area is 193 Å². The molecular formula is C25H28N6O2. The Morgan fingerprint density at radius 1 is 1.21 bits per heavy atom. The molecule has 0 radical (unpaired) electrons. The largest absolute Gasteiger partial charge is 0.493 e. The zero-order chi connectivity index (χ0) is 23.5. The summed E-state index contributed by atoms with van der Waals surface area (Å²) in [5.74, 6) is 0.341. The average molecular weight is 445 g/mol. The van der Waals surface area contributed by atoms with E-state index in [0.29, 0.717) is 41.6 Å². The standard InChI is InChI=1S/C25H28N6O2/c1-4-9-29-10-11-30(16-18(29)3)24(32)20-6-8-23(27-14-20)31-25(33)22(15-28-31)21-7-5-19(13-26)12-17(21)2/h5-8,12,14-15,18,33H,4,9-11,16H2,1-3H3/t18-/m1/s1. The van der Waals surface area contributed by atoms with E-state index >= 15 is 0 Å². The molecule has 3 aromatic rings. The minimum Gasteiger partial charge on any atom is -0.493 e. The molecule has 33 heavy (non-hydrogen) atoms. The number of hydrogen-bond acceptors (Lipinski definition) is 6. The number of carbonyl (C=O) groups excluding carboxylic acids is 1. The summed E-state index contributed by atoms with van der Waals surface area (Å²) >= 11 is 0. The number of piperazine rings is 1. The van der Waals surface area contributed by atoms with Crippen molar-refractivity contribution in [2.24, 2.45) is 0 Å². The molecule has 0 aliphatic carbocycles. The summed E-state index contributed by atoms with van der Waals surface area (Å²) in [5, 5.41) is 24.1. The first kappa shape index (κ1) is 22.5. The predicted octanol–water partition coefficient (Wildman–Crippen LogP) is 3.38. The molecule has 2 aromatic heterocycles. The van der Waals surface area contributed by atoms with E-state index in [1.807, 2.05) is 11.8 Å². The summed E-state index contributed by atoms with van der Waals surface area (Å²) in [4.78, 5) is 21.7. The molecule has 8 heteroatoms. The highest BCUT2D eigenvalue weighted by atomic mass is 16.3. The van der Waals surface area contributed by atoms with Crippen LogP contribution in [0, 0.1) is 18.3 Å². The van der Waals surface area contributed by atoms with Gasteiger partial charge in [-0.1, -0.05) is 13.0 Å². The number of benzene rings is 1. The molecular weight excluding hydrogens is 416 g/mol. The molecule has 0 unspecified atom stereocenters. The second-order valence-corrected chi connectivity index (χ2v) is 8.48. The second kappa shape index (κ2) is 9.43. The topological polar surface area (TPSA) is 98.3 Å². The van der Waals surface area contributed by atoms with Crippen LogP contribution in [0.15, 0.2) is 42.7 Å². The van der Waals surface area contributed by atoms with Crippen molar-refractivity contribution in [1.29, 1.82) is 5.26 Å². The van der Waals surface area contributed by atoms with Crippen molar-refractivity contribution in [3.63, 3.8) is 0 Å². The molecule has 1 aliphatic rings. The van der Waals surface area contributed by atoms with Crippen molar-refractivity contribution < 1.29 is 9.90 Å². The van der Waals surface area contributed by atoms with Crippen molar-refractivity contribution in [3.8, 4) is 28.9 Å². The van der Waals surface area contributed by atoms with Gasteiger partial charge in [-0.05, 0) is 62.2 Å². The van der Waals surface area contributed by atoms with Gasteiger partial charge in [0.25, 0.3) is 5.91 Å². The monoisotopic (exact) mass is 444 g/mol. The lowest BCUT2D eigenvalue weighted by Crippen LogP contribution is -2.53. The number of hydrogen-bond donors (Lipinski definition) is 1.